The molecular weight excluding hydrogens is 449 g/mol. The number of rotatable bonds is 5. The highest BCUT2D eigenvalue weighted by Gasteiger charge is 2.28. The molecule has 1 atom stereocenters. The number of hydrogen-bond acceptors (Lipinski definition) is 4. The third-order valence-electron chi connectivity index (χ3n) is 4.78. The van der Waals surface area contributed by atoms with Gasteiger partial charge in [0.2, 0.25) is 5.91 Å². The monoisotopic (exact) mass is 483 g/mol. The molecule has 1 unspecified atom stereocenters. The van der Waals surface area contributed by atoms with Crippen LogP contribution in [0.25, 0.3) is 0 Å². The molecule has 2 saturated heterocycles. The summed E-state index contributed by atoms with van der Waals surface area (Å²) < 4.78 is 0.285. The Balaban J connectivity index is 0.00000312. The number of amides is 1. The lowest BCUT2D eigenvalue weighted by atomic mass is 9.97. The van der Waals surface area contributed by atoms with E-state index in [2.05, 4.69) is 34.0 Å². The molecule has 2 aliphatic rings. The Morgan fingerprint density at radius 1 is 1.40 bits per heavy atom. The molecule has 146 valence electrons. The zero-order valence-electron chi connectivity index (χ0n) is 15.8. The SMILES string of the molecule is CN=C(NCCCN1CCCC(C(N)=O)C1)N1CCSC(C)(C)C1.I. The molecule has 25 heavy (non-hydrogen) atoms. The van der Waals surface area contributed by atoms with Crippen molar-refractivity contribution in [1.29, 1.82) is 0 Å². The van der Waals surface area contributed by atoms with E-state index in [1.54, 1.807) is 0 Å². The molecule has 2 rings (SSSR count). The summed E-state index contributed by atoms with van der Waals surface area (Å²) in [4.78, 5) is 20.5. The topological polar surface area (TPSA) is 74.0 Å². The minimum Gasteiger partial charge on any atom is -0.369 e. The number of carbonyl (C=O) groups excluding carboxylic acids is 1. The summed E-state index contributed by atoms with van der Waals surface area (Å²) in [5.74, 6) is 2.05. The molecule has 6 nitrogen and oxygen atoms in total. The summed E-state index contributed by atoms with van der Waals surface area (Å²) in [5.41, 5.74) is 5.45. The third-order valence-corrected chi connectivity index (χ3v) is 6.08. The highest BCUT2D eigenvalue weighted by atomic mass is 127. The van der Waals surface area contributed by atoms with Gasteiger partial charge in [0.05, 0.1) is 5.92 Å². The number of piperidine rings is 1. The Labute approximate surface area is 173 Å². The van der Waals surface area contributed by atoms with E-state index in [0.29, 0.717) is 0 Å². The standard InChI is InChI=1S/C17H33N5OS.HI/c1-17(2)13-22(10-11-24-17)16(19-3)20-7-5-9-21-8-4-6-14(12-21)15(18)23;/h14H,4-13H2,1-3H3,(H2,18,23)(H,19,20);1H. The fourth-order valence-corrected chi connectivity index (χ4v) is 4.63. The molecule has 0 saturated carbocycles. The lowest BCUT2D eigenvalue weighted by Gasteiger charge is -2.39. The summed E-state index contributed by atoms with van der Waals surface area (Å²) >= 11 is 2.03. The Morgan fingerprint density at radius 3 is 2.80 bits per heavy atom. The van der Waals surface area contributed by atoms with Crippen molar-refractivity contribution in [1.82, 2.24) is 15.1 Å². The smallest absolute Gasteiger partial charge is 0.221 e. The van der Waals surface area contributed by atoms with Crippen molar-refractivity contribution in [2.24, 2.45) is 16.6 Å². The third kappa shape index (κ3) is 7.50. The molecule has 0 aromatic heterocycles. The van der Waals surface area contributed by atoms with Crippen molar-refractivity contribution in [3.8, 4) is 0 Å². The maximum absolute atomic E-state index is 11.3. The van der Waals surface area contributed by atoms with Gasteiger partial charge in [0.25, 0.3) is 0 Å². The minimum absolute atomic E-state index is 0. The summed E-state index contributed by atoms with van der Waals surface area (Å²) in [5, 5.41) is 3.50. The molecule has 2 heterocycles. The second kappa shape index (κ2) is 10.8. The van der Waals surface area contributed by atoms with Crippen LogP contribution in [0, 0.1) is 5.92 Å². The van der Waals surface area contributed by atoms with E-state index >= 15 is 0 Å². The van der Waals surface area contributed by atoms with Crippen LogP contribution in [0.2, 0.25) is 0 Å². The highest BCUT2D eigenvalue weighted by molar-refractivity contribution is 14.0. The maximum atomic E-state index is 11.3. The molecule has 1 amide bonds. The molecule has 2 aliphatic heterocycles. The number of thioether (sulfide) groups is 1. The molecular formula is C17H34IN5OS. The first-order chi connectivity index (χ1) is 11.4. The van der Waals surface area contributed by atoms with Crippen molar-refractivity contribution in [2.45, 2.75) is 37.9 Å². The van der Waals surface area contributed by atoms with Gasteiger partial charge in [0.1, 0.15) is 0 Å². The number of likely N-dealkylation sites (tertiary alicyclic amines) is 1. The summed E-state index contributed by atoms with van der Waals surface area (Å²) in [6.45, 7) is 10.5. The summed E-state index contributed by atoms with van der Waals surface area (Å²) in [6, 6.07) is 0. The number of carbonyl (C=O) groups is 1. The molecule has 0 spiro atoms. The Bertz CT molecular complexity index is 460. The Hall–Kier alpha value is -0.220. The van der Waals surface area contributed by atoms with E-state index in [-0.39, 0.29) is 40.5 Å². The normalized spacial score (nSPS) is 24.5. The quantitative estimate of drug-likeness (QED) is 0.269. The van der Waals surface area contributed by atoms with Gasteiger partial charge in [-0.3, -0.25) is 9.79 Å². The maximum Gasteiger partial charge on any atom is 0.221 e. The fourth-order valence-electron chi connectivity index (χ4n) is 3.52. The van der Waals surface area contributed by atoms with Gasteiger partial charge in [-0.1, -0.05) is 0 Å². The van der Waals surface area contributed by atoms with Crippen molar-refractivity contribution in [3.05, 3.63) is 0 Å². The molecule has 3 N–H and O–H groups in total. The van der Waals surface area contributed by atoms with Gasteiger partial charge < -0.3 is 20.9 Å². The van der Waals surface area contributed by atoms with Gasteiger partial charge in [-0.15, -0.1) is 24.0 Å². The van der Waals surface area contributed by atoms with Gasteiger partial charge in [-0.05, 0) is 46.2 Å². The van der Waals surface area contributed by atoms with Crippen molar-refractivity contribution in [3.63, 3.8) is 0 Å². The average Bonchev–Trinajstić information content (AvgIpc) is 2.54. The summed E-state index contributed by atoms with van der Waals surface area (Å²) in [7, 11) is 1.86. The van der Waals surface area contributed by atoms with Crippen LogP contribution in [-0.2, 0) is 4.79 Å². The lowest BCUT2D eigenvalue weighted by molar-refractivity contribution is -0.123. The van der Waals surface area contributed by atoms with E-state index in [1.165, 1.54) is 0 Å². The van der Waals surface area contributed by atoms with Crippen molar-refractivity contribution >= 4 is 47.6 Å². The lowest BCUT2D eigenvalue weighted by Crippen LogP contribution is -2.51. The fraction of sp³-hybridized carbons (Fsp3) is 0.882. The van der Waals surface area contributed by atoms with E-state index < -0.39 is 0 Å². The Kier molecular flexibility index (Phi) is 9.87. The van der Waals surface area contributed by atoms with E-state index in [1.807, 2.05) is 18.8 Å². The number of nitrogens with two attached hydrogens (primary N) is 1. The first kappa shape index (κ1) is 22.8. The number of aliphatic imine (C=N–C) groups is 1. The molecule has 0 aliphatic carbocycles. The first-order valence-corrected chi connectivity index (χ1v) is 10.0. The second-order valence-electron chi connectivity index (χ2n) is 7.40. The highest BCUT2D eigenvalue weighted by Crippen LogP contribution is 2.29. The van der Waals surface area contributed by atoms with E-state index in [0.717, 1.165) is 70.2 Å². The van der Waals surface area contributed by atoms with Gasteiger partial charge in [0, 0.05) is 43.7 Å². The summed E-state index contributed by atoms with van der Waals surface area (Å²) in [6.07, 6.45) is 3.07. The molecule has 0 bridgehead atoms. The molecule has 2 fully saturated rings. The number of hydrogen-bond donors (Lipinski definition) is 2. The number of nitrogens with one attached hydrogen (secondary N) is 1. The van der Waals surface area contributed by atoms with Gasteiger partial charge in [0.15, 0.2) is 5.96 Å². The molecule has 0 aromatic carbocycles. The van der Waals surface area contributed by atoms with Crippen LogP contribution in [0.1, 0.15) is 33.1 Å². The van der Waals surface area contributed by atoms with E-state index in [4.69, 9.17) is 5.73 Å². The minimum atomic E-state index is -0.149. The van der Waals surface area contributed by atoms with E-state index in [9.17, 15) is 4.79 Å². The first-order valence-electron chi connectivity index (χ1n) is 9.02. The van der Waals surface area contributed by atoms with Crippen LogP contribution in [0.5, 0.6) is 0 Å². The number of primary amides is 1. The number of guanidine groups is 1. The van der Waals surface area contributed by atoms with Crippen LogP contribution in [-0.4, -0.2) is 78.5 Å². The molecule has 0 radical (unpaired) electrons. The van der Waals surface area contributed by atoms with Crippen LogP contribution in [0.15, 0.2) is 4.99 Å². The molecule has 0 aromatic rings. The number of halogens is 1. The average molecular weight is 483 g/mol. The van der Waals surface area contributed by atoms with Gasteiger partial charge in [-0.25, -0.2) is 0 Å². The van der Waals surface area contributed by atoms with Gasteiger partial charge >= 0.3 is 0 Å². The Morgan fingerprint density at radius 2 is 2.16 bits per heavy atom. The van der Waals surface area contributed by atoms with Crippen molar-refractivity contribution < 1.29 is 4.79 Å². The second-order valence-corrected chi connectivity index (χ2v) is 9.20. The van der Waals surface area contributed by atoms with Gasteiger partial charge in [-0.2, -0.15) is 11.8 Å². The zero-order chi connectivity index (χ0) is 17.6. The van der Waals surface area contributed by atoms with Crippen molar-refractivity contribution in [2.75, 3.05) is 52.1 Å². The molecule has 8 heteroatoms. The predicted octanol–water partition coefficient (Wildman–Crippen LogP) is 1.59. The van der Waals surface area contributed by atoms with Crippen LogP contribution in [0.4, 0.5) is 0 Å². The predicted molar refractivity (Wildman–Crippen MR) is 118 cm³/mol. The van der Waals surface area contributed by atoms with Crippen LogP contribution >= 0.6 is 35.7 Å². The largest absolute Gasteiger partial charge is 0.369 e. The number of nitrogens with zero attached hydrogens (tertiary/aromatic N) is 3. The van der Waals surface area contributed by atoms with Crippen LogP contribution < -0.4 is 11.1 Å². The zero-order valence-corrected chi connectivity index (χ0v) is 18.9. The van der Waals surface area contributed by atoms with Crippen LogP contribution in [0.3, 0.4) is 0 Å².